The van der Waals surface area contributed by atoms with Crippen LogP contribution in [0, 0.1) is 10.5 Å². The second kappa shape index (κ2) is 13.0. The number of anilines is 1. The predicted octanol–water partition coefficient (Wildman–Crippen LogP) is 5.52. The number of benzene rings is 3. The number of halogens is 1. The average molecular weight is 662 g/mol. The van der Waals surface area contributed by atoms with E-state index in [1.165, 1.54) is 17.0 Å². The maximum Gasteiger partial charge on any atom is 0.264 e. The van der Waals surface area contributed by atoms with Gasteiger partial charge in [-0.05, 0) is 104 Å². The number of nitrogens with zero attached hydrogens (tertiary/aromatic N) is 2. The standard InChI is InChI=1S/C30H36IN3O4S/c1-6-27(29(36)32-30(3,4)5)33(20-23-13-11-10-12-22(23)2)28(35)21-34(25-18-16-24(31)17-19-25)39(37,38)26-14-8-7-9-15-26/h7-19,27H,6,20-21H2,1-5H3,(H,32,36). The number of nitrogens with one attached hydrogen (secondary N) is 1. The number of amides is 2. The second-order valence-electron chi connectivity index (χ2n) is 10.4. The third-order valence-corrected chi connectivity index (χ3v) is 8.72. The molecular formula is C30H36IN3O4S. The van der Waals surface area contributed by atoms with Crippen LogP contribution in [-0.4, -0.2) is 43.3 Å². The maximum atomic E-state index is 14.1. The van der Waals surface area contributed by atoms with Crippen LogP contribution in [0.5, 0.6) is 0 Å². The van der Waals surface area contributed by atoms with Crippen molar-refractivity contribution in [2.75, 3.05) is 10.8 Å². The molecule has 208 valence electrons. The lowest BCUT2D eigenvalue weighted by Crippen LogP contribution is -2.55. The second-order valence-corrected chi connectivity index (χ2v) is 13.5. The Morgan fingerprint density at radius 3 is 2.08 bits per heavy atom. The highest BCUT2D eigenvalue weighted by atomic mass is 127. The minimum absolute atomic E-state index is 0.0827. The van der Waals surface area contributed by atoms with Crippen LogP contribution in [0.1, 0.15) is 45.2 Å². The molecule has 0 radical (unpaired) electrons. The van der Waals surface area contributed by atoms with Crippen LogP contribution in [0.3, 0.4) is 0 Å². The molecule has 3 aromatic rings. The summed E-state index contributed by atoms with van der Waals surface area (Å²) in [6.45, 7) is 9.17. The first-order valence-corrected chi connectivity index (χ1v) is 15.3. The quantitative estimate of drug-likeness (QED) is 0.290. The third-order valence-electron chi connectivity index (χ3n) is 6.21. The maximum absolute atomic E-state index is 14.1. The topological polar surface area (TPSA) is 86.8 Å². The number of aryl methyl sites for hydroxylation is 1. The van der Waals surface area contributed by atoms with Crippen LogP contribution < -0.4 is 9.62 Å². The lowest BCUT2D eigenvalue weighted by molar-refractivity contribution is -0.141. The summed E-state index contributed by atoms with van der Waals surface area (Å²) in [5.41, 5.74) is 1.74. The molecule has 0 saturated carbocycles. The lowest BCUT2D eigenvalue weighted by atomic mass is 10.0. The van der Waals surface area contributed by atoms with E-state index >= 15 is 0 Å². The van der Waals surface area contributed by atoms with Gasteiger partial charge in [-0.15, -0.1) is 0 Å². The molecule has 2 amide bonds. The van der Waals surface area contributed by atoms with Crippen LogP contribution in [0.15, 0.2) is 83.8 Å². The molecule has 1 unspecified atom stereocenters. The Balaban J connectivity index is 2.07. The SMILES string of the molecule is CCC(C(=O)NC(C)(C)C)N(Cc1ccccc1C)C(=O)CN(c1ccc(I)cc1)S(=O)(=O)c1ccccc1. The summed E-state index contributed by atoms with van der Waals surface area (Å²) in [6.07, 6.45) is 0.370. The highest BCUT2D eigenvalue weighted by molar-refractivity contribution is 14.1. The Bertz CT molecular complexity index is 1390. The van der Waals surface area contributed by atoms with Crippen molar-refractivity contribution in [3.05, 3.63) is 93.6 Å². The smallest absolute Gasteiger partial charge is 0.264 e. The van der Waals surface area contributed by atoms with Crippen LogP contribution in [0.2, 0.25) is 0 Å². The van der Waals surface area contributed by atoms with Gasteiger partial charge >= 0.3 is 0 Å². The molecule has 1 atom stereocenters. The molecule has 0 saturated heterocycles. The fraction of sp³-hybridized carbons (Fsp3) is 0.333. The number of carbonyl (C=O) groups excluding carboxylic acids is 2. The van der Waals surface area contributed by atoms with Gasteiger partial charge < -0.3 is 10.2 Å². The average Bonchev–Trinajstić information content (AvgIpc) is 2.88. The van der Waals surface area contributed by atoms with E-state index in [1.807, 2.05) is 58.9 Å². The predicted molar refractivity (Wildman–Crippen MR) is 164 cm³/mol. The lowest BCUT2D eigenvalue weighted by Gasteiger charge is -2.35. The Morgan fingerprint density at radius 1 is 0.923 bits per heavy atom. The van der Waals surface area contributed by atoms with Crippen molar-refractivity contribution in [3.63, 3.8) is 0 Å². The van der Waals surface area contributed by atoms with Gasteiger partial charge in [0.2, 0.25) is 11.8 Å². The molecule has 7 nitrogen and oxygen atoms in total. The summed E-state index contributed by atoms with van der Waals surface area (Å²) >= 11 is 2.15. The fourth-order valence-electron chi connectivity index (χ4n) is 4.20. The number of carbonyl (C=O) groups is 2. The summed E-state index contributed by atoms with van der Waals surface area (Å²) in [5.74, 6) is -0.745. The number of hydrogen-bond donors (Lipinski definition) is 1. The molecule has 0 heterocycles. The minimum Gasteiger partial charge on any atom is -0.350 e. The first kappa shape index (κ1) is 30.6. The monoisotopic (exact) mass is 661 g/mol. The van der Waals surface area contributed by atoms with Gasteiger partial charge in [-0.25, -0.2) is 8.42 Å². The zero-order chi connectivity index (χ0) is 28.8. The summed E-state index contributed by atoms with van der Waals surface area (Å²) in [7, 11) is -4.08. The molecule has 3 aromatic carbocycles. The van der Waals surface area contributed by atoms with Crippen LogP contribution in [0.4, 0.5) is 5.69 Å². The van der Waals surface area contributed by atoms with Crippen LogP contribution >= 0.6 is 22.6 Å². The zero-order valence-electron chi connectivity index (χ0n) is 23.0. The molecule has 0 aliphatic rings. The summed E-state index contributed by atoms with van der Waals surface area (Å²) < 4.78 is 29.7. The van der Waals surface area contributed by atoms with E-state index in [-0.39, 0.29) is 17.3 Å². The van der Waals surface area contributed by atoms with Gasteiger partial charge in [0.05, 0.1) is 10.6 Å². The van der Waals surface area contributed by atoms with Gasteiger partial charge in [0, 0.05) is 15.7 Å². The van der Waals surface area contributed by atoms with Crippen molar-refractivity contribution in [2.24, 2.45) is 0 Å². The van der Waals surface area contributed by atoms with Crippen LogP contribution in [0.25, 0.3) is 0 Å². The number of hydrogen-bond acceptors (Lipinski definition) is 4. The number of rotatable bonds is 10. The zero-order valence-corrected chi connectivity index (χ0v) is 26.0. The Morgan fingerprint density at radius 2 is 1.51 bits per heavy atom. The van der Waals surface area contributed by atoms with Gasteiger partial charge in [0.15, 0.2) is 0 Å². The molecule has 0 aliphatic carbocycles. The molecule has 0 aliphatic heterocycles. The van der Waals surface area contributed by atoms with E-state index in [9.17, 15) is 18.0 Å². The van der Waals surface area contributed by atoms with E-state index in [4.69, 9.17) is 0 Å². The molecule has 3 rings (SSSR count). The van der Waals surface area contributed by atoms with Gasteiger partial charge in [-0.2, -0.15) is 0 Å². The number of sulfonamides is 1. The molecule has 0 fully saturated rings. The molecule has 0 bridgehead atoms. The highest BCUT2D eigenvalue weighted by Gasteiger charge is 2.34. The highest BCUT2D eigenvalue weighted by Crippen LogP contribution is 2.26. The summed E-state index contributed by atoms with van der Waals surface area (Å²) in [5, 5.41) is 2.99. The Labute approximate surface area is 245 Å². The molecular weight excluding hydrogens is 625 g/mol. The van der Waals surface area contributed by atoms with Gasteiger partial charge in [0.25, 0.3) is 10.0 Å². The van der Waals surface area contributed by atoms with Crippen molar-refractivity contribution in [3.8, 4) is 0 Å². The first-order valence-electron chi connectivity index (χ1n) is 12.8. The summed E-state index contributed by atoms with van der Waals surface area (Å²) in [6, 6.07) is 21.9. The fourth-order valence-corrected chi connectivity index (χ4v) is 5.99. The van der Waals surface area contributed by atoms with E-state index < -0.39 is 34.1 Å². The van der Waals surface area contributed by atoms with Crippen LogP contribution in [-0.2, 0) is 26.2 Å². The molecule has 9 heteroatoms. The molecule has 39 heavy (non-hydrogen) atoms. The van der Waals surface area contributed by atoms with Crippen molar-refractivity contribution < 1.29 is 18.0 Å². The van der Waals surface area contributed by atoms with Gasteiger partial charge in [-0.3, -0.25) is 13.9 Å². The molecule has 0 aromatic heterocycles. The first-order chi connectivity index (χ1) is 18.3. The van der Waals surface area contributed by atoms with Crippen molar-refractivity contribution in [1.82, 2.24) is 10.2 Å². The molecule has 1 N–H and O–H groups in total. The normalized spacial score (nSPS) is 12.5. The molecule has 0 spiro atoms. The minimum atomic E-state index is -4.08. The van der Waals surface area contributed by atoms with E-state index in [0.717, 1.165) is 19.0 Å². The third kappa shape index (κ3) is 8.04. The largest absolute Gasteiger partial charge is 0.350 e. The Hall–Kier alpha value is -2.92. The van der Waals surface area contributed by atoms with E-state index in [1.54, 1.807) is 42.5 Å². The van der Waals surface area contributed by atoms with E-state index in [0.29, 0.717) is 12.1 Å². The van der Waals surface area contributed by atoms with Crippen molar-refractivity contribution >= 4 is 50.1 Å². The Kier molecular flexibility index (Phi) is 10.2. The van der Waals surface area contributed by atoms with Gasteiger partial charge in [-0.1, -0.05) is 49.4 Å². The van der Waals surface area contributed by atoms with Crippen molar-refractivity contribution in [2.45, 2.75) is 64.1 Å². The van der Waals surface area contributed by atoms with Crippen molar-refractivity contribution in [1.29, 1.82) is 0 Å². The van der Waals surface area contributed by atoms with Gasteiger partial charge in [0.1, 0.15) is 12.6 Å². The van der Waals surface area contributed by atoms with E-state index in [2.05, 4.69) is 27.9 Å². The summed E-state index contributed by atoms with van der Waals surface area (Å²) in [4.78, 5) is 29.1.